The topological polar surface area (TPSA) is 17.1 Å². The first-order valence-corrected chi connectivity index (χ1v) is 4.07. The molecule has 0 spiro atoms. The predicted molar refractivity (Wildman–Crippen MR) is 44.1 cm³/mol. The molecular weight excluding hydrogens is 179 g/mol. The molecule has 2 rings (SSSR count). The Morgan fingerprint density at radius 1 is 1.33 bits per heavy atom. The van der Waals surface area contributed by atoms with Crippen LogP contribution in [0.25, 0.3) is 0 Å². The summed E-state index contributed by atoms with van der Waals surface area (Å²) in [5, 5.41) is 0.371. The summed E-state index contributed by atoms with van der Waals surface area (Å²) in [7, 11) is 0. The van der Waals surface area contributed by atoms with Gasteiger partial charge in [0, 0.05) is 17.0 Å². The van der Waals surface area contributed by atoms with E-state index >= 15 is 0 Å². The van der Waals surface area contributed by atoms with E-state index in [0.717, 1.165) is 5.56 Å². The monoisotopic (exact) mass is 184 g/mol. The van der Waals surface area contributed by atoms with Crippen LogP contribution in [0.15, 0.2) is 12.1 Å². The normalized spacial score (nSPS) is 15.0. The lowest BCUT2D eigenvalue weighted by molar-refractivity contribution is 0.0994. The molecule has 0 heterocycles. The highest BCUT2D eigenvalue weighted by Crippen LogP contribution is 2.29. The first kappa shape index (κ1) is 7.74. The molecule has 1 aliphatic rings. The number of carbonyl (C=O) groups is 1. The van der Waals surface area contributed by atoms with Gasteiger partial charge in [-0.05, 0) is 24.1 Å². The molecule has 0 N–H and O–H groups in total. The molecule has 1 aromatic carbocycles. The molecule has 0 saturated heterocycles. The number of fused-ring (bicyclic) bond motifs is 1. The maximum atomic E-state index is 12.8. The lowest BCUT2D eigenvalue weighted by Gasteiger charge is -1.99. The van der Waals surface area contributed by atoms with Gasteiger partial charge in [-0.25, -0.2) is 4.39 Å². The molecule has 0 radical (unpaired) electrons. The molecule has 0 aromatic heterocycles. The zero-order valence-corrected chi connectivity index (χ0v) is 6.99. The maximum absolute atomic E-state index is 12.8. The second kappa shape index (κ2) is 2.56. The molecule has 1 aromatic rings. The van der Waals surface area contributed by atoms with Crippen molar-refractivity contribution >= 4 is 17.4 Å². The number of rotatable bonds is 0. The third-order valence-corrected chi connectivity index (χ3v) is 2.40. The van der Waals surface area contributed by atoms with E-state index < -0.39 is 5.82 Å². The Morgan fingerprint density at radius 3 is 2.83 bits per heavy atom. The van der Waals surface area contributed by atoms with Crippen molar-refractivity contribution in [2.45, 2.75) is 12.8 Å². The molecule has 62 valence electrons. The Morgan fingerprint density at radius 2 is 2.08 bits per heavy atom. The van der Waals surface area contributed by atoms with Crippen molar-refractivity contribution in [1.82, 2.24) is 0 Å². The molecule has 12 heavy (non-hydrogen) atoms. The number of halogens is 2. The third-order valence-electron chi connectivity index (χ3n) is 2.06. The van der Waals surface area contributed by atoms with Crippen LogP contribution in [0.1, 0.15) is 22.3 Å². The highest BCUT2D eigenvalue weighted by molar-refractivity contribution is 6.32. The predicted octanol–water partition coefficient (Wildman–Crippen LogP) is 2.61. The number of benzene rings is 1. The molecule has 0 amide bonds. The summed E-state index contributed by atoms with van der Waals surface area (Å²) in [6.45, 7) is 0. The van der Waals surface area contributed by atoms with Crippen molar-refractivity contribution in [3.63, 3.8) is 0 Å². The van der Waals surface area contributed by atoms with Gasteiger partial charge in [0.15, 0.2) is 5.78 Å². The number of Topliss-reactive ketones (excluding diaryl/α,β-unsaturated/α-hetero) is 1. The average Bonchev–Trinajstić information content (AvgIpc) is 2.33. The summed E-state index contributed by atoms with van der Waals surface area (Å²) in [6, 6.07) is 2.51. The zero-order chi connectivity index (χ0) is 8.72. The molecule has 0 saturated carbocycles. The average molecular weight is 185 g/mol. The van der Waals surface area contributed by atoms with E-state index in [1.807, 2.05) is 0 Å². The first-order chi connectivity index (χ1) is 5.68. The number of carbonyl (C=O) groups excluding carboxylic acids is 1. The summed E-state index contributed by atoms with van der Waals surface area (Å²) in [5.41, 5.74) is 1.25. The Balaban J connectivity index is 2.68. The molecule has 0 aliphatic heterocycles. The van der Waals surface area contributed by atoms with Gasteiger partial charge in [0.2, 0.25) is 0 Å². The maximum Gasteiger partial charge on any atom is 0.163 e. The SMILES string of the molecule is O=C1CCc2c(Cl)cc(F)cc21. The molecule has 0 bridgehead atoms. The quantitative estimate of drug-likeness (QED) is 0.606. The number of hydrogen-bond donors (Lipinski definition) is 0. The van der Waals surface area contributed by atoms with Gasteiger partial charge >= 0.3 is 0 Å². The van der Waals surface area contributed by atoms with E-state index in [2.05, 4.69) is 0 Å². The van der Waals surface area contributed by atoms with Crippen molar-refractivity contribution in [2.75, 3.05) is 0 Å². The van der Waals surface area contributed by atoms with Gasteiger partial charge in [-0.15, -0.1) is 0 Å². The Hall–Kier alpha value is -0.890. The van der Waals surface area contributed by atoms with E-state index in [1.54, 1.807) is 0 Å². The lowest BCUT2D eigenvalue weighted by atomic mass is 10.1. The second-order valence-electron chi connectivity index (χ2n) is 2.84. The molecule has 3 heteroatoms. The fourth-order valence-corrected chi connectivity index (χ4v) is 1.78. The van der Waals surface area contributed by atoms with Crippen molar-refractivity contribution in [3.05, 3.63) is 34.1 Å². The summed E-state index contributed by atoms with van der Waals surface area (Å²) in [5.74, 6) is -0.444. The van der Waals surface area contributed by atoms with E-state index in [0.29, 0.717) is 23.4 Å². The minimum absolute atomic E-state index is 0.00796. The standard InChI is InChI=1S/C9H6ClFO/c10-8-4-5(11)3-7-6(8)1-2-9(7)12/h3-4H,1-2H2. The van der Waals surface area contributed by atoms with Gasteiger partial charge in [-0.3, -0.25) is 4.79 Å². The van der Waals surface area contributed by atoms with Crippen molar-refractivity contribution in [3.8, 4) is 0 Å². The molecule has 1 aliphatic carbocycles. The van der Waals surface area contributed by atoms with Crippen LogP contribution in [0.2, 0.25) is 5.02 Å². The van der Waals surface area contributed by atoms with Crippen LogP contribution in [0, 0.1) is 5.82 Å². The van der Waals surface area contributed by atoms with Gasteiger partial charge < -0.3 is 0 Å². The van der Waals surface area contributed by atoms with E-state index in [4.69, 9.17) is 11.6 Å². The van der Waals surface area contributed by atoms with Crippen LogP contribution in [0.3, 0.4) is 0 Å². The summed E-state index contributed by atoms with van der Waals surface area (Å²) in [6.07, 6.45) is 1.10. The largest absolute Gasteiger partial charge is 0.294 e. The van der Waals surface area contributed by atoms with Crippen molar-refractivity contribution in [1.29, 1.82) is 0 Å². The molecule has 0 unspecified atom stereocenters. The fraction of sp³-hybridized carbons (Fsp3) is 0.222. The van der Waals surface area contributed by atoms with Crippen LogP contribution in [0.5, 0.6) is 0 Å². The molecule has 0 fully saturated rings. The Labute approximate surface area is 74.2 Å². The Kier molecular flexibility index (Phi) is 1.65. The van der Waals surface area contributed by atoms with Crippen molar-refractivity contribution in [2.24, 2.45) is 0 Å². The van der Waals surface area contributed by atoms with Gasteiger partial charge in [0.25, 0.3) is 0 Å². The summed E-state index contributed by atoms with van der Waals surface area (Å²) in [4.78, 5) is 11.1. The number of hydrogen-bond acceptors (Lipinski definition) is 1. The van der Waals surface area contributed by atoms with E-state index in [-0.39, 0.29) is 5.78 Å². The smallest absolute Gasteiger partial charge is 0.163 e. The van der Waals surface area contributed by atoms with Crippen LogP contribution >= 0.6 is 11.6 Å². The van der Waals surface area contributed by atoms with Crippen LogP contribution in [0.4, 0.5) is 4.39 Å². The van der Waals surface area contributed by atoms with Gasteiger partial charge in [-0.1, -0.05) is 11.6 Å². The molecule has 0 atom stereocenters. The third kappa shape index (κ3) is 1.03. The van der Waals surface area contributed by atoms with Gasteiger partial charge in [0.1, 0.15) is 5.82 Å². The zero-order valence-electron chi connectivity index (χ0n) is 6.23. The second-order valence-corrected chi connectivity index (χ2v) is 3.24. The van der Waals surface area contributed by atoms with E-state index in [9.17, 15) is 9.18 Å². The summed E-state index contributed by atoms with van der Waals surface area (Å²) >= 11 is 5.75. The van der Waals surface area contributed by atoms with Crippen LogP contribution in [-0.4, -0.2) is 5.78 Å². The fourth-order valence-electron chi connectivity index (χ4n) is 1.48. The highest BCUT2D eigenvalue weighted by atomic mass is 35.5. The Bertz CT molecular complexity index is 360. The molecule has 1 nitrogen and oxygen atoms in total. The lowest BCUT2D eigenvalue weighted by Crippen LogP contribution is -1.92. The van der Waals surface area contributed by atoms with Gasteiger partial charge in [0.05, 0.1) is 0 Å². The molecular formula is C9H6ClFO. The minimum atomic E-state index is -0.436. The van der Waals surface area contributed by atoms with Crippen LogP contribution < -0.4 is 0 Å². The first-order valence-electron chi connectivity index (χ1n) is 3.69. The summed E-state index contributed by atoms with van der Waals surface area (Å²) < 4.78 is 12.8. The van der Waals surface area contributed by atoms with E-state index in [1.165, 1.54) is 12.1 Å². The van der Waals surface area contributed by atoms with Crippen molar-refractivity contribution < 1.29 is 9.18 Å². The highest BCUT2D eigenvalue weighted by Gasteiger charge is 2.22. The van der Waals surface area contributed by atoms with Gasteiger partial charge in [-0.2, -0.15) is 0 Å². The minimum Gasteiger partial charge on any atom is -0.294 e. The number of ketones is 1. The van der Waals surface area contributed by atoms with Crippen LogP contribution in [-0.2, 0) is 6.42 Å².